The second kappa shape index (κ2) is 4.70. The van der Waals surface area contributed by atoms with Crippen molar-refractivity contribution >= 4 is 0 Å². The number of β-amino-alcohol motifs (C(OH)–C–C–N with tert-alkyl or cyclic N) is 1. The maximum atomic E-state index is 9.73. The monoisotopic (exact) mass is 225 g/mol. The van der Waals surface area contributed by atoms with Crippen LogP contribution in [0.25, 0.3) is 0 Å². The second-order valence-electron chi connectivity index (χ2n) is 5.75. The van der Waals surface area contributed by atoms with Crippen molar-refractivity contribution in [2.45, 2.75) is 38.8 Å². The fourth-order valence-electron chi connectivity index (χ4n) is 2.08. The van der Waals surface area contributed by atoms with Crippen molar-refractivity contribution in [2.24, 2.45) is 0 Å². The van der Waals surface area contributed by atoms with Gasteiger partial charge in [0.25, 0.3) is 0 Å². The molecule has 0 aliphatic carbocycles. The van der Waals surface area contributed by atoms with Gasteiger partial charge in [-0.1, -0.05) is 0 Å². The van der Waals surface area contributed by atoms with Crippen LogP contribution in [0.5, 0.6) is 0 Å². The summed E-state index contributed by atoms with van der Waals surface area (Å²) in [4.78, 5) is 4.46. The highest BCUT2D eigenvalue weighted by Gasteiger charge is 2.30. The molecule has 1 heterocycles. The lowest BCUT2D eigenvalue weighted by atomic mass is 10.0. The minimum atomic E-state index is -0.632. The predicted molar refractivity (Wildman–Crippen MR) is 64.0 cm³/mol. The van der Waals surface area contributed by atoms with Crippen LogP contribution in [0, 0.1) is 11.3 Å². The highest BCUT2D eigenvalue weighted by atomic mass is 16.3. The Bertz CT molecular complexity index is 267. The zero-order valence-corrected chi connectivity index (χ0v) is 10.8. The molecule has 0 bridgehead atoms. The molecule has 4 heteroatoms. The van der Waals surface area contributed by atoms with Gasteiger partial charge >= 0.3 is 0 Å². The topological polar surface area (TPSA) is 50.5 Å². The molecule has 0 aromatic heterocycles. The molecule has 0 unspecified atom stereocenters. The number of hydrogen-bond acceptors (Lipinski definition) is 4. The van der Waals surface area contributed by atoms with E-state index in [9.17, 15) is 5.11 Å². The van der Waals surface area contributed by atoms with Crippen LogP contribution in [-0.4, -0.2) is 58.8 Å². The summed E-state index contributed by atoms with van der Waals surface area (Å²) in [5.41, 5.74) is -1.01. The third kappa shape index (κ3) is 3.75. The SMILES string of the molecule is CC(C)(O)CN1CCN(C(C)(C)C#N)CC1. The summed E-state index contributed by atoms with van der Waals surface area (Å²) in [7, 11) is 0. The Kier molecular flexibility index (Phi) is 3.95. The Balaban J connectivity index is 2.44. The molecule has 1 aliphatic rings. The van der Waals surface area contributed by atoms with Crippen LogP contribution in [0.15, 0.2) is 0 Å². The van der Waals surface area contributed by atoms with Gasteiger partial charge in [0, 0.05) is 32.7 Å². The fourth-order valence-corrected chi connectivity index (χ4v) is 2.08. The van der Waals surface area contributed by atoms with Crippen molar-refractivity contribution in [3.63, 3.8) is 0 Å². The fraction of sp³-hybridized carbons (Fsp3) is 0.917. The zero-order valence-electron chi connectivity index (χ0n) is 10.8. The van der Waals surface area contributed by atoms with Crippen molar-refractivity contribution in [2.75, 3.05) is 32.7 Å². The Morgan fingerprint density at radius 1 is 1.12 bits per heavy atom. The Labute approximate surface area is 98.5 Å². The van der Waals surface area contributed by atoms with Crippen molar-refractivity contribution in [3.8, 4) is 6.07 Å². The van der Waals surface area contributed by atoms with E-state index in [4.69, 9.17) is 5.26 Å². The van der Waals surface area contributed by atoms with E-state index < -0.39 is 5.60 Å². The molecule has 1 fully saturated rings. The number of rotatable bonds is 3. The summed E-state index contributed by atoms with van der Waals surface area (Å²) < 4.78 is 0. The van der Waals surface area contributed by atoms with Gasteiger partial charge in [-0.2, -0.15) is 5.26 Å². The van der Waals surface area contributed by atoms with Gasteiger partial charge in [-0.3, -0.25) is 9.80 Å². The molecule has 16 heavy (non-hydrogen) atoms. The minimum absolute atomic E-state index is 0.374. The molecule has 1 saturated heterocycles. The van der Waals surface area contributed by atoms with Crippen LogP contribution in [0.1, 0.15) is 27.7 Å². The first kappa shape index (κ1) is 13.4. The van der Waals surface area contributed by atoms with E-state index in [0.29, 0.717) is 6.54 Å². The standard InChI is InChI=1S/C12H23N3O/c1-11(2,9-13)15-7-5-14(6-8-15)10-12(3,4)16/h16H,5-8,10H2,1-4H3. The molecule has 0 spiro atoms. The molecule has 4 nitrogen and oxygen atoms in total. The predicted octanol–water partition coefficient (Wildman–Crippen LogP) is 0.677. The molecule has 1 N–H and O–H groups in total. The Morgan fingerprint density at radius 3 is 2.00 bits per heavy atom. The first-order chi connectivity index (χ1) is 7.24. The molecule has 1 rings (SSSR count). The summed E-state index contributed by atoms with van der Waals surface area (Å²) >= 11 is 0. The molecule has 0 atom stereocenters. The molecule has 0 amide bonds. The van der Waals surface area contributed by atoms with Crippen molar-refractivity contribution in [1.29, 1.82) is 5.26 Å². The van der Waals surface area contributed by atoms with Crippen LogP contribution < -0.4 is 0 Å². The quantitative estimate of drug-likeness (QED) is 0.767. The summed E-state index contributed by atoms with van der Waals surface area (Å²) in [5, 5.41) is 18.8. The van der Waals surface area contributed by atoms with Gasteiger partial charge in [0.2, 0.25) is 0 Å². The lowest BCUT2D eigenvalue weighted by Crippen LogP contribution is -2.55. The van der Waals surface area contributed by atoms with Crippen LogP contribution in [0.2, 0.25) is 0 Å². The highest BCUT2D eigenvalue weighted by molar-refractivity contribution is 5.02. The van der Waals surface area contributed by atoms with Gasteiger partial charge in [0.15, 0.2) is 0 Å². The normalized spacial score (nSPS) is 20.8. The number of nitrogens with zero attached hydrogens (tertiary/aromatic N) is 3. The van der Waals surface area contributed by atoms with E-state index in [1.807, 2.05) is 27.7 Å². The molecule has 0 aromatic carbocycles. The van der Waals surface area contributed by atoms with Gasteiger partial charge < -0.3 is 5.11 Å². The summed E-state index contributed by atoms with van der Waals surface area (Å²) in [6, 6.07) is 2.33. The maximum absolute atomic E-state index is 9.73. The number of nitriles is 1. The van der Waals surface area contributed by atoms with Gasteiger partial charge in [0.05, 0.1) is 11.7 Å². The summed E-state index contributed by atoms with van der Waals surface area (Å²) in [6.07, 6.45) is 0. The minimum Gasteiger partial charge on any atom is -0.389 e. The van der Waals surface area contributed by atoms with E-state index >= 15 is 0 Å². The highest BCUT2D eigenvalue weighted by Crippen LogP contribution is 2.16. The maximum Gasteiger partial charge on any atom is 0.103 e. The van der Waals surface area contributed by atoms with Crippen molar-refractivity contribution in [3.05, 3.63) is 0 Å². The van der Waals surface area contributed by atoms with E-state index in [1.54, 1.807) is 0 Å². The van der Waals surface area contributed by atoms with Crippen LogP contribution in [-0.2, 0) is 0 Å². The molecule has 92 valence electrons. The first-order valence-corrected chi connectivity index (χ1v) is 5.86. The van der Waals surface area contributed by atoms with E-state index in [2.05, 4.69) is 15.9 Å². The molecule has 0 saturated carbocycles. The lowest BCUT2D eigenvalue weighted by molar-refractivity contribution is 0.00696. The Hall–Kier alpha value is -0.630. The molecule has 0 aromatic rings. The van der Waals surface area contributed by atoms with Crippen LogP contribution in [0.4, 0.5) is 0 Å². The Morgan fingerprint density at radius 2 is 1.62 bits per heavy atom. The number of hydrogen-bond donors (Lipinski definition) is 1. The molecule has 1 aliphatic heterocycles. The second-order valence-corrected chi connectivity index (χ2v) is 5.75. The first-order valence-electron chi connectivity index (χ1n) is 5.86. The molecule has 0 radical (unpaired) electrons. The third-order valence-electron chi connectivity index (χ3n) is 3.05. The van der Waals surface area contributed by atoms with Crippen molar-refractivity contribution in [1.82, 2.24) is 9.80 Å². The van der Waals surface area contributed by atoms with Crippen LogP contribution in [0.3, 0.4) is 0 Å². The van der Waals surface area contributed by atoms with Gasteiger partial charge in [-0.25, -0.2) is 0 Å². The zero-order chi connectivity index (χ0) is 12.4. The van der Waals surface area contributed by atoms with E-state index in [0.717, 1.165) is 26.2 Å². The summed E-state index contributed by atoms with van der Waals surface area (Å²) in [6.45, 7) is 11.9. The van der Waals surface area contributed by atoms with Crippen molar-refractivity contribution < 1.29 is 5.11 Å². The lowest BCUT2D eigenvalue weighted by Gasteiger charge is -2.41. The smallest absolute Gasteiger partial charge is 0.103 e. The largest absolute Gasteiger partial charge is 0.389 e. The average Bonchev–Trinajstić information content (AvgIpc) is 2.16. The molecular formula is C12H23N3O. The average molecular weight is 225 g/mol. The van der Waals surface area contributed by atoms with Gasteiger partial charge in [0.1, 0.15) is 5.54 Å². The number of aliphatic hydroxyl groups is 1. The van der Waals surface area contributed by atoms with Crippen LogP contribution >= 0.6 is 0 Å². The summed E-state index contributed by atoms with van der Waals surface area (Å²) in [5.74, 6) is 0. The number of piperazine rings is 1. The van der Waals surface area contributed by atoms with Gasteiger partial charge in [-0.15, -0.1) is 0 Å². The van der Waals surface area contributed by atoms with Gasteiger partial charge in [-0.05, 0) is 27.7 Å². The third-order valence-corrected chi connectivity index (χ3v) is 3.05. The van der Waals surface area contributed by atoms with E-state index in [1.165, 1.54) is 0 Å². The van der Waals surface area contributed by atoms with E-state index in [-0.39, 0.29) is 5.54 Å². The molecular weight excluding hydrogens is 202 g/mol.